The third-order valence-corrected chi connectivity index (χ3v) is 5.31. The van der Waals surface area contributed by atoms with E-state index in [1.807, 2.05) is 6.07 Å². The number of amidine groups is 1. The summed E-state index contributed by atoms with van der Waals surface area (Å²) in [7, 11) is -3.63. The molecular formula is C18H16N4O3S. The smallest absolute Gasteiger partial charge is 0.263 e. The van der Waals surface area contributed by atoms with Gasteiger partial charge >= 0.3 is 0 Å². The number of rotatable bonds is 4. The van der Waals surface area contributed by atoms with Gasteiger partial charge in [-0.05, 0) is 36.8 Å². The zero-order valence-corrected chi connectivity index (χ0v) is 14.7. The van der Waals surface area contributed by atoms with Crippen LogP contribution in [0.3, 0.4) is 0 Å². The Kier molecular flexibility index (Phi) is 4.73. The molecule has 0 saturated carbocycles. The summed E-state index contributed by atoms with van der Waals surface area (Å²) in [4.78, 5) is 16.6. The van der Waals surface area contributed by atoms with Crippen LogP contribution < -0.4 is 10.0 Å². The van der Waals surface area contributed by atoms with Crippen molar-refractivity contribution >= 4 is 21.8 Å². The molecule has 0 saturated heterocycles. The van der Waals surface area contributed by atoms with E-state index in [0.717, 1.165) is 5.56 Å². The van der Waals surface area contributed by atoms with Gasteiger partial charge in [0.25, 0.3) is 10.0 Å². The van der Waals surface area contributed by atoms with Crippen LogP contribution in [0.5, 0.6) is 0 Å². The molecule has 0 radical (unpaired) electrons. The summed E-state index contributed by atoms with van der Waals surface area (Å²) in [6.45, 7) is 1.89. The van der Waals surface area contributed by atoms with E-state index >= 15 is 0 Å². The van der Waals surface area contributed by atoms with Gasteiger partial charge in [-0.1, -0.05) is 24.3 Å². The quantitative estimate of drug-likeness (QED) is 0.847. The predicted molar refractivity (Wildman–Crippen MR) is 95.8 cm³/mol. The highest BCUT2D eigenvalue weighted by atomic mass is 32.2. The fourth-order valence-electron chi connectivity index (χ4n) is 2.52. The number of nitriles is 1. The second-order valence-corrected chi connectivity index (χ2v) is 7.43. The number of nitrogens with zero attached hydrogens (tertiary/aromatic N) is 2. The molecule has 0 fully saturated rings. The van der Waals surface area contributed by atoms with Gasteiger partial charge in [-0.25, -0.2) is 8.42 Å². The number of amides is 1. The number of sulfonamides is 1. The number of aliphatic imine (C=N–C) groups is 1. The van der Waals surface area contributed by atoms with Gasteiger partial charge in [0.15, 0.2) is 0 Å². The van der Waals surface area contributed by atoms with Crippen molar-refractivity contribution < 1.29 is 13.2 Å². The number of nitrogens with one attached hydrogen (secondary N) is 2. The molecule has 2 N–H and O–H groups in total. The standard InChI is InChI=1S/C18H16N4O3S/c1-12(18(23)20-11-14-8-6-13(10-19)7-9-14)21-17-15-4-2-3-5-16(15)26(24,25)22-17/h2-9,12H,11H2,1H3,(H,20,23)(H,21,22)/t12-/m0/s1. The molecule has 0 aliphatic carbocycles. The molecule has 1 amide bonds. The minimum atomic E-state index is -3.63. The van der Waals surface area contributed by atoms with Gasteiger partial charge in [-0.3, -0.25) is 14.5 Å². The number of carbonyl (C=O) groups is 1. The first-order valence-corrected chi connectivity index (χ1v) is 9.36. The normalized spacial score (nSPS) is 17.0. The van der Waals surface area contributed by atoms with Gasteiger partial charge < -0.3 is 5.32 Å². The van der Waals surface area contributed by atoms with Crippen molar-refractivity contribution in [1.82, 2.24) is 10.0 Å². The van der Waals surface area contributed by atoms with E-state index in [0.29, 0.717) is 17.7 Å². The van der Waals surface area contributed by atoms with Crippen LogP contribution in [0, 0.1) is 11.3 Å². The average Bonchev–Trinajstić information content (AvgIpc) is 2.90. The summed E-state index contributed by atoms with van der Waals surface area (Å²) < 4.78 is 26.5. The molecule has 7 nitrogen and oxygen atoms in total. The molecule has 2 aromatic rings. The van der Waals surface area contributed by atoms with Crippen molar-refractivity contribution in [2.75, 3.05) is 0 Å². The molecule has 0 bridgehead atoms. The zero-order chi connectivity index (χ0) is 18.7. The summed E-state index contributed by atoms with van der Waals surface area (Å²) in [5, 5.41) is 11.5. The number of hydrogen-bond acceptors (Lipinski definition) is 5. The third kappa shape index (κ3) is 3.58. The van der Waals surface area contributed by atoms with E-state index in [2.05, 4.69) is 15.0 Å². The highest BCUT2D eigenvalue weighted by molar-refractivity contribution is 7.90. The summed E-state index contributed by atoms with van der Waals surface area (Å²) in [6, 6.07) is 14.6. The van der Waals surface area contributed by atoms with E-state index in [4.69, 9.17) is 5.26 Å². The lowest BCUT2D eigenvalue weighted by Crippen LogP contribution is -2.33. The number of fused-ring (bicyclic) bond motifs is 1. The van der Waals surface area contributed by atoms with Crippen LogP contribution in [0.15, 0.2) is 58.4 Å². The van der Waals surface area contributed by atoms with Crippen LogP contribution in [-0.2, 0) is 21.4 Å². The minimum Gasteiger partial charge on any atom is -0.350 e. The SMILES string of the molecule is C[C@H](N=C1NS(=O)(=O)c2ccccc21)C(=O)NCc1ccc(C#N)cc1. The fraction of sp³-hybridized carbons (Fsp3) is 0.167. The molecule has 0 unspecified atom stereocenters. The zero-order valence-electron chi connectivity index (χ0n) is 13.9. The van der Waals surface area contributed by atoms with E-state index in [1.54, 1.807) is 49.4 Å². The Hall–Kier alpha value is -3.18. The molecule has 2 aromatic carbocycles. The monoisotopic (exact) mass is 368 g/mol. The van der Waals surface area contributed by atoms with Crippen molar-refractivity contribution in [3.63, 3.8) is 0 Å². The average molecular weight is 368 g/mol. The second kappa shape index (κ2) is 6.98. The van der Waals surface area contributed by atoms with Crippen molar-refractivity contribution in [3.05, 3.63) is 65.2 Å². The lowest BCUT2D eigenvalue weighted by molar-refractivity contribution is -0.122. The van der Waals surface area contributed by atoms with Gasteiger partial charge in [-0.15, -0.1) is 0 Å². The Morgan fingerprint density at radius 1 is 1.23 bits per heavy atom. The van der Waals surface area contributed by atoms with Crippen LogP contribution in [-0.4, -0.2) is 26.2 Å². The number of benzene rings is 2. The maximum atomic E-state index is 12.3. The van der Waals surface area contributed by atoms with Gasteiger partial charge in [0, 0.05) is 12.1 Å². The van der Waals surface area contributed by atoms with Crippen LogP contribution in [0.25, 0.3) is 0 Å². The molecule has 1 aliphatic rings. The number of carbonyl (C=O) groups excluding carboxylic acids is 1. The summed E-state index contributed by atoms with van der Waals surface area (Å²) in [5.74, 6) is -0.160. The molecule has 132 valence electrons. The fourth-order valence-corrected chi connectivity index (χ4v) is 3.76. The molecule has 8 heteroatoms. The lowest BCUT2D eigenvalue weighted by Gasteiger charge is -2.10. The molecule has 26 heavy (non-hydrogen) atoms. The molecule has 0 aromatic heterocycles. The molecule has 1 heterocycles. The highest BCUT2D eigenvalue weighted by Crippen LogP contribution is 2.22. The van der Waals surface area contributed by atoms with E-state index in [1.165, 1.54) is 6.07 Å². The Morgan fingerprint density at radius 3 is 2.62 bits per heavy atom. The largest absolute Gasteiger partial charge is 0.350 e. The summed E-state index contributed by atoms with van der Waals surface area (Å²) >= 11 is 0. The van der Waals surface area contributed by atoms with Crippen LogP contribution in [0.4, 0.5) is 0 Å². The van der Waals surface area contributed by atoms with E-state index in [-0.39, 0.29) is 16.6 Å². The highest BCUT2D eigenvalue weighted by Gasteiger charge is 2.31. The van der Waals surface area contributed by atoms with Gasteiger partial charge in [0.2, 0.25) is 5.91 Å². The Balaban J connectivity index is 1.69. The number of hydrogen-bond donors (Lipinski definition) is 2. The van der Waals surface area contributed by atoms with Gasteiger partial charge in [-0.2, -0.15) is 5.26 Å². The lowest BCUT2D eigenvalue weighted by atomic mass is 10.1. The Labute approximate surface area is 151 Å². The Morgan fingerprint density at radius 2 is 1.92 bits per heavy atom. The van der Waals surface area contributed by atoms with Gasteiger partial charge in [0.05, 0.1) is 16.5 Å². The van der Waals surface area contributed by atoms with Crippen molar-refractivity contribution in [3.8, 4) is 6.07 Å². The minimum absolute atomic E-state index is 0.156. The summed E-state index contributed by atoms with van der Waals surface area (Å²) in [6.07, 6.45) is 0. The maximum absolute atomic E-state index is 12.3. The molecule has 0 spiro atoms. The molecule has 1 aliphatic heterocycles. The van der Waals surface area contributed by atoms with Crippen molar-refractivity contribution in [2.24, 2.45) is 4.99 Å². The summed E-state index contributed by atoms with van der Waals surface area (Å²) in [5.41, 5.74) is 1.86. The molecule has 1 atom stereocenters. The van der Waals surface area contributed by atoms with Crippen molar-refractivity contribution in [2.45, 2.75) is 24.4 Å². The van der Waals surface area contributed by atoms with E-state index in [9.17, 15) is 13.2 Å². The van der Waals surface area contributed by atoms with Crippen LogP contribution >= 0.6 is 0 Å². The molecule has 3 rings (SSSR count). The van der Waals surface area contributed by atoms with Crippen molar-refractivity contribution in [1.29, 1.82) is 5.26 Å². The first kappa shape index (κ1) is 17.6. The van der Waals surface area contributed by atoms with Crippen LogP contribution in [0.2, 0.25) is 0 Å². The predicted octanol–water partition coefficient (Wildman–Crippen LogP) is 1.30. The maximum Gasteiger partial charge on any atom is 0.263 e. The van der Waals surface area contributed by atoms with Gasteiger partial charge in [0.1, 0.15) is 11.9 Å². The second-order valence-electron chi connectivity index (χ2n) is 5.78. The van der Waals surface area contributed by atoms with E-state index < -0.39 is 16.1 Å². The Bertz CT molecular complexity index is 1020. The molecular weight excluding hydrogens is 352 g/mol. The topological polar surface area (TPSA) is 111 Å². The first-order valence-electron chi connectivity index (χ1n) is 7.87. The first-order chi connectivity index (χ1) is 12.4. The van der Waals surface area contributed by atoms with Crippen LogP contribution in [0.1, 0.15) is 23.6 Å². The third-order valence-electron chi connectivity index (χ3n) is 3.91.